The zero-order valence-electron chi connectivity index (χ0n) is 21.0. The molecule has 0 aliphatic carbocycles. The summed E-state index contributed by atoms with van der Waals surface area (Å²) in [6.45, 7) is 9.40. The van der Waals surface area contributed by atoms with Crippen LogP contribution in [-0.4, -0.2) is 75.2 Å². The second kappa shape index (κ2) is 11.7. The minimum absolute atomic E-state index is 0.112. The zero-order chi connectivity index (χ0) is 23.9. The summed E-state index contributed by atoms with van der Waals surface area (Å²) in [6.07, 6.45) is 5.13. The van der Waals surface area contributed by atoms with E-state index in [0.29, 0.717) is 11.6 Å². The molecule has 2 aromatic rings. The molecular formula is C28H40N4O2. The number of nitrogens with one attached hydrogen (secondary N) is 1. The maximum atomic E-state index is 12.5. The van der Waals surface area contributed by atoms with Crippen LogP contribution >= 0.6 is 0 Å². The Bertz CT molecular complexity index is 907. The third-order valence-electron chi connectivity index (χ3n) is 7.53. The van der Waals surface area contributed by atoms with Crippen LogP contribution in [-0.2, 0) is 0 Å². The number of hydrogen-bond donors (Lipinski definition) is 1. The Hall–Kier alpha value is -2.57. The van der Waals surface area contributed by atoms with Gasteiger partial charge in [0.2, 0.25) is 0 Å². The number of hydrogen-bond acceptors (Lipinski definition) is 5. The van der Waals surface area contributed by atoms with E-state index in [1.807, 2.05) is 12.1 Å². The van der Waals surface area contributed by atoms with E-state index in [1.54, 1.807) is 31.4 Å². The van der Waals surface area contributed by atoms with Crippen LogP contribution in [0.2, 0.25) is 0 Å². The second-order valence-corrected chi connectivity index (χ2v) is 9.79. The summed E-state index contributed by atoms with van der Waals surface area (Å²) in [5, 5.41) is 2.99. The lowest BCUT2D eigenvalue weighted by molar-refractivity contribution is 0.102. The van der Waals surface area contributed by atoms with E-state index in [0.717, 1.165) is 30.4 Å². The highest BCUT2D eigenvalue weighted by molar-refractivity contribution is 6.04. The summed E-state index contributed by atoms with van der Waals surface area (Å²) < 4.78 is 5.16. The molecule has 1 N–H and O–H groups in total. The predicted octanol–water partition coefficient (Wildman–Crippen LogP) is 4.58. The normalized spacial score (nSPS) is 19.9. The van der Waals surface area contributed by atoms with Gasteiger partial charge in [0.15, 0.2) is 0 Å². The van der Waals surface area contributed by atoms with Crippen molar-refractivity contribution in [2.24, 2.45) is 5.92 Å². The van der Waals surface area contributed by atoms with Crippen molar-refractivity contribution >= 4 is 17.3 Å². The quantitative estimate of drug-likeness (QED) is 0.620. The highest BCUT2D eigenvalue weighted by Gasteiger charge is 2.26. The van der Waals surface area contributed by atoms with Crippen LogP contribution in [0.3, 0.4) is 0 Å². The Kier molecular flexibility index (Phi) is 8.46. The molecule has 184 valence electrons. The van der Waals surface area contributed by atoms with Crippen molar-refractivity contribution in [3.8, 4) is 5.75 Å². The van der Waals surface area contributed by atoms with Gasteiger partial charge in [-0.3, -0.25) is 4.79 Å². The van der Waals surface area contributed by atoms with Gasteiger partial charge in [-0.25, -0.2) is 0 Å². The molecule has 1 atom stereocenters. The van der Waals surface area contributed by atoms with Gasteiger partial charge < -0.3 is 24.8 Å². The van der Waals surface area contributed by atoms with Crippen LogP contribution < -0.4 is 15.0 Å². The molecule has 2 saturated heterocycles. The lowest BCUT2D eigenvalue weighted by Crippen LogP contribution is -2.47. The van der Waals surface area contributed by atoms with Crippen LogP contribution in [0.4, 0.5) is 11.4 Å². The molecule has 6 nitrogen and oxygen atoms in total. The van der Waals surface area contributed by atoms with E-state index >= 15 is 0 Å². The van der Waals surface area contributed by atoms with E-state index in [2.05, 4.69) is 46.1 Å². The molecule has 2 aliphatic rings. The minimum atomic E-state index is -0.112. The average molecular weight is 465 g/mol. The second-order valence-electron chi connectivity index (χ2n) is 9.79. The smallest absolute Gasteiger partial charge is 0.255 e. The van der Waals surface area contributed by atoms with Crippen LogP contribution in [0.25, 0.3) is 0 Å². The molecule has 1 amide bonds. The molecule has 0 aromatic heterocycles. The van der Waals surface area contributed by atoms with Crippen molar-refractivity contribution in [1.29, 1.82) is 0 Å². The van der Waals surface area contributed by atoms with Crippen LogP contribution in [0.1, 0.15) is 43.0 Å². The SMILES string of the molecule is CCN1CCC[C@@H](CN(C)C2CCN(c3ccc(NC(=O)c4ccc(OC)cc4)cc3)CC2)C1. The first-order valence-corrected chi connectivity index (χ1v) is 12.8. The summed E-state index contributed by atoms with van der Waals surface area (Å²) >= 11 is 0. The van der Waals surface area contributed by atoms with Gasteiger partial charge in [0.1, 0.15) is 5.75 Å². The lowest BCUT2D eigenvalue weighted by Gasteiger charge is -2.40. The number of benzene rings is 2. The number of methoxy groups -OCH3 is 1. The first-order valence-electron chi connectivity index (χ1n) is 12.8. The summed E-state index contributed by atoms with van der Waals surface area (Å²) in [6, 6.07) is 16.1. The highest BCUT2D eigenvalue weighted by atomic mass is 16.5. The van der Waals surface area contributed by atoms with E-state index in [1.165, 1.54) is 57.5 Å². The Morgan fingerprint density at radius 1 is 1.03 bits per heavy atom. The number of ether oxygens (including phenoxy) is 1. The molecule has 34 heavy (non-hydrogen) atoms. The van der Waals surface area contributed by atoms with Crippen LogP contribution in [0.15, 0.2) is 48.5 Å². The Balaban J connectivity index is 1.24. The van der Waals surface area contributed by atoms with Crippen LogP contribution in [0.5, 0.6) is 5.75 Å². The summed E-state index contributed by atoms with van der Waals surface area (Å²) in [5.41, 5.74) is 2.66. The van der Waals surface area contributed by atoms with Crippen molar-refractivity contribution < 1.29 is 9.53 Å². The van der Waals surface area contributed by atoms with Gasteiger partial charge in [0.05, 0.1) is 7.11 Å². The number of carbonyl (C=O) groups excluding carboxylic acids is 1. The zero-order valence-corrected chi connectivity index (χ0v) is 21.0. The summed E-state index contributed by atoms with van der Waals surface area (Å²) in [5.74, 6) is 1.45. The largest absolute Gasteiger partial charge is 0.497 e. The van der Waals surface area contributed by atoms with E-state index in [4.69, 9.17) is 4.74 Å². The molecule has 2 aliphatic heterocycles. The van der Waals surface area contributed by atoms with Gasteiger partial charge in [-0.2, -0.15) is 0 Å². The van der Waals surface area contributed by atoms with Crippen molar-refractivity contribution in [1.82, 2.24) is 9.80 Å². The molecular weight excluding hydrogens is 424 g/mol. The minimum Gasteiger partial charge on any atom is -0.497 e. The van der Waals surface area contributed by atoms with Crippen molar-refractivity contribution in [2.45, 2.75) is 38.6 Å². The third kappa shape index (κ3) is 6.30. The first-order chi connectivity index (χ1) is 16.6. The molecule has 6 heteroatoms. The Morgan fingerprint density at radius 3 is 2.38 bits per heavy atom. The number of piperidine rings is 2. The summed E-state index contributed by atoms with van der Waals surface area (Å²) in [4.78, 5) is 20.2. The number of rotatable bonds is 8. The topological polar surface area (TPSA) is 48.0 Å². The number of likely N-dealkylation sites (tertiary alicyclic amines) is 1. The fourth-order valence-corrected chi connectivity index (χ4v) is 5.41. The van der Waals surface area contributed by atoms with E-state index < -0.39 is 0 Å². The van der Waals surface area contributed by atoms with Crippen LogP contribution in [0, 0.1) is 5.92 Å². The first kappa shape index (κ1) is 24.6. The van der Waals surface area contributed by atoms with Gasteiger partial charge in [-0.1, -0.05) is 6.92 Å². The maximum Gasteiger partial charge on any atom is 0.255 e. The van der Waals surface area contributed by atoms with Gasteiger partial charge in [0.25, 0.3) is 5.91 Å². The Labute approximate surface area is 204 Å². The van der Waals surface area contributed by atoms with Crippen molar-refractivity contribution in [3.63, 3.8) is 0 Å². The summed E-state index contributed by atoms with van der Waals surface area (Å²) in [7, 11) is 3.94. The third-order valence-corrected chi connectivity index (χ3v) is 7.53. The molecule has 2 aromatic carbocycles. The number of amides is 1. The van der Waals surface area contributed by atoms with Gasteiger partial charge >= 0.3 is 0 Å². The Morgan fingerprint density at radius 2 is 1.74 bits per heavy atom. The van der Waals surface area contributed by atoms with Crippen molar-refractivity contribution in [3.05, 3.63) is 54.1 Å². The fraction of sp³-hybridized carbons (Fsp3) is 0.536. The molecule has 0 bridgehead atoms. The monoisotopic (exact) mass is 464 g/mol. The highest BCUT2D eigenvalue weighted by Crippen LogP contribution is 2.25. The molecule has 0 spiro atoms. The fourth-order valence-electron chi connectivity index (χ4n) is 5.41. The number of nitrogens with zero attached hydrogens (tertiary/aromatic N) is 3. The molecule has 2 fully saturated rings. The number of carbonyl (C=O) groups is 1. The van der Waals surface area contributed by atoms with Crippen molar-refractivity contribution in [2.75, 3.05) is 63.6 Å². The van der Waals surface area contributed by atoms with E-state index in [-0.39, 0.29) is 5.91 Å². The number of anilines is 2. The maximum absolute atomic E-state index is 12.5. The molecule has 4 rings (SSSR count). The molecule has 0 unspecified atom stereocenters. The predicted molar refractivity (Wildman–Crippen MR) is 140 cm³/mol. The standard InChI is InChI=1S/C28H40N4O2/c1-4-31-17-5-6-22(21-31)20-30(2)25-15-18-32(19-16-25)26-11-9-24(10-12-26)29-28(33)23-7-13-27(34-3)14-8-23/h7-14,22,25H,4-6,15-21H2,1-3H3,(H,29,33)/t22-/m0/s1. The van der Waals surface area contributed by atoms with Gasteiger partial charge in [-0.15, -0.1) is 0 Å². The average Bonchev–Trinajstić information content (AvgIpc) is 2.89. The van der Waals surface area contributed by atoms with Gasteiger partial charge in [0, 0.05) is 49.2 Å². The van der Waals surface area contributed by atoms with E-state index in [9.17, 15) is 4.79 Å². The van der Waals surface area contributed by atoms with Gasteiger partial charge in [-0.05, 0) is 100 Å². The molecule has 0 saturated carbocycles. The molecule has 2 heterocycles. The molecule has 0 radical (unpaired) electrons. The lowest BCUT2D eigenvalue weighted by atomic mass is 9.95.